The maximum atomic E-state index is 12.1. The summed E-state index contributed by atoms with van der Waals surface area (Å²) in [6.45, 7) is 0.0331. The summed E-state index contributed by atoms with van der Waals surface area (Å²) in [5.74, 6) is -0.641. The molecule has 0 radical (unpaired) electrons. The average molecular weight is 543 g/mol. The van der Waals surface area contributed by atoms with Crippen molar-refractivity contribution in [3.63, 3.8) is 0 Å². The molecule has 0 fully saturated rings. The molecule has 0 heterocycles. The van der Waals surface area contributed by atoms with Gasteiger partial charge in [0.25, 0.3) is 5.91 Å². The van der Waals surface area contributed by atoms with Gasteiger partial charge in [-0.2, -0.15) is 5.10 Å². The second-order valence-electron chi connectivity index (χ2n) is 6.87. The van der Waals surface area contributed by atoms with Gasteiger partial charge in [0.2, 0.25) is 0 Å². The Bertz CT molecular complexity index is 1340. The summed E-state index contributed by atoms with van der Waals surface area (Å²) < 4.78 is 0.524. The first kappa shape index (κ1) is 21.1. The minimum atomic E-state index is -0.341. The van der Waals surface area contributed by atoms with E-state index in [-0.39, 0.29) is 28.4 Å². The fraction of sp³-hybridized carbons (Fsp3) is 0.0435. The first-order chi connectivity index (χ1) is 14.9. The van der Waals surface area contributed by atoms with Crippen LogP contribution in [0.2, 0.25) is 0 Å². The number of aromatic hydroxyl groups is 2. The molecule has 0 atom stereocenters. The number of rotatable bonds is 5. The summed E-state index contributed by atoms with van der Waals surface area (Å²) in [4.78, 5) is 12.1. The molecule has 156 valence electrons. The molecule has 0 aromatic heterocycles. The molecule has 4 aromatic carbocycles. The third kappa shape index (κ3) is 4.65. The lowest BCUT2D eigenvalue weighted by Crippen LogP contribution is -2.25. The van der Waals surface area contributed by atoms with Crippen LogP contribution in [0.1, 0.15) is 5.56 Å². The maximum Gasteiger partial charge on any atom is 0.259 e. The van der Waals surface area contributed by atoms with Crippen LogP contribution in [0.4, 0.5) is 5.69 Å². The van der Waals surface area contributed by atoms with Crippen molar-refractivity contribution < 1.29 is 15.0 Å². The monoisotopic (exact) mass is 541 g/mol. The Labute approximate surface area is 194 Å². The lowest BCUT2D eigenvalue weighted by molar-refractivity contribution is -0.119. The van der Waals surface area contributed by atoms with Crippen molar-refractivity contribution in [2.24, 2.45) is 5.10 Å². The minimum Gasteiger partial charge on any atom is -0.506 e. The van der Waals surface area contributed by atoms with Gasteiger partial charge in [-0.15, -0.1) is 0 Å². The standard InChI is InChI=1S/C23H17Br2N3O3/c24-19-10-17(22(30)21(25)23(19)31)11-27-28-20(29)12-26-18-6-5-15-7-13-3-1-2-4-14(13)8-16(15)9-18/h1-11,26,30-31H,12H2,(H,28,29). The Hall–Kier alpha value is -3.10. The summed E-state index contributed by atoms with van der Waals surface area (Å²) in [7, 11) is 0. The van der Waals surface area contributed by atoms with E-state index in [1.807, 2.05) is 30.3 Å². The molecule has 4 rings (SSSR count). The predicted octanol–water partition coefficient (Wildman–Crippen LogP) is 5.49. The van der Waals surface area contributed by atoms with E-state index in [4.69, 9.17) is 0 Å². The van der Waals surface area contributed by atoms with E-state index in [2.05, 4.69) is 72.0 Å². The fourth-order valence-corrected chi connectivity index (χ4v) is 4.31. The van der Waals surface area contributed by atoms with Crippen molar-refractivity contribution in [2.45, 2.75) is 0 Å². The molecular formula is C23H17Br2N3O3. The molecule has 8 heteroatoms. The highest BCUT2D eigenvalue weighted by Gasteiger charge is 2.12. The van der Waals surface area contributed by atoms with Crippen LogP contribution in [0.25, 0.3) is 21.5 Å². The van der Waals surface area contributed by atoms with E-state index in [9.17, 15) is 15.0 Å². The Balaban J connectivity index is 1.40. The molecule has 4 aromatic rings. The topological polar surface area (TPSA) is 94.0 Å². The zero-order valence-corrected chi connectivity index (χ0v) is 19.2. The first-order valence-corrected chi connectivity index (χ1v) is 10.9. The maximum absolute atomic E-state index is 12.1. The SMILES string of the molecule is O=C(CNc1ccc2cc3ccccc3cc2c1)NN=Cc1cc(Br)c(O)c(Br)c1O. The molecule has 4 N–H and O–H groups in total. The number of hydrazone groups is 1. The average Bonchev–Trinajstić information content (AvgIpc) is 2.78. The van der Waals surface area contributed by atoms with Crippen molar-refractivity contribution >= 4 is 71.2 Å². The van der Waals surface area contributed by atoms with E-state index < -0.39 is 0 Å². The second kappa shape index (κ2) is 8.95. The van der Waals surface area contributed by atoms with Gasteiger partial charge in [-0.25, -0.2) is 5.43 Å². The highest BCUT2D eigenvalue weighted by atomic mass is 79.9. The minimum absolute atomic E-state index is 0.0331. The van der Waals surface area contributed by atoms with Gasteiger partial charge in [-0.3, -0.25) is 4.79 Å². The number of phenolic OH excluding ortho intramolecular Hbond substituents is 2. The van der Waals surface area contributed by atoms with Crippen LogP contribution < -0.4 is 10.7 Å². The Morgan fingerprint density at radius 2 is 1.58 bits per heavy atom. The number of fused-ring (bicyclic) bond motifs is 2. The number of halogens is 2. The van der Waals surface area contributed by atoms with Crippen molar-refractivity contribution in [3.8, 4) is 11.5 Å². The lowest BCUT2D eigenvalue weighted by atomic mass is 10.0. The van der Waals surface area contributed by atoms with Gasteiger partial charge in [-0.05, 0) is 83.7 Å². The molecule has 31 heavy (non-hydrogen) atoms. The summed E-state index contributed by atoms with van der Waals surface area (Å²) in [5.41, 5.74) is 3.56. The molecular weight excluding hydrogens is 526 g/mol. The third-order valence-electron chi connectivity index (χ3n) is 4.75. The zero-order valence-electron chi connectivity index (χ0n) is 16.1. The van der Waals surface area contributed by atoms with Crippen LogP contribution in [-0.4, -0.2) is 28.9 Å². The zero-order chi connectivity index (χ0) is 22.0. The number of nitrogens with one attached hydrogen (secondary N) is 2. The molecule has 0 saturated heterocycles. The van der Waals surface area contributed by atoms with Crippen molar-refractivity contribution in [1.29, 1.82) is 0 Å². The van der Waals surface area contributed by atoms with Crippen LogP contribution in [0, 0.1) is 0 Å². The normalized spacial score (nSPS) is 11.3. The molecule has 0 saturated carbocycles. The van der Waals surface area contributed by atoms with Gasteiger partial charge in [0, 0.05) is 11.3 Å². The van der Waals surface area contributed by atoms with Crippen LogP contribution in [0.5, 0.6) is 11.5 Å². The number of hydrogen-bond acceptors (Lipinski definition) is 5. The van der Waals surface area contributed by atoms with E-state index in [0.29, 0.717) is 10.0 Å². The number of carbonyl (C=O) groups is 1. The van der Waals surface area contributed by atoms with E-state index in [1.165, 1.54) is 17.7 Å². The largest absolute Gasteiger partial charge is 0.506 e. The van der Waals surface area contributed by atoms with Gasteiger partial charge < -0.3 is 15.5 Å². The van der Waals surface area contributed by atoms with Gasteiger partial charge in [0.15, 0.2) is 0 Å². The molecule has 0 aliphatic carbocycles. The number of nitrogens with zero attached hydrogens (tertiary/aromatic N) is 1. The molecule has 1 amide bonds. The second-order valence-corrected chi connectivity index (χ2v) is 8.51. The Morgan fingerprint density at radius 3 is 2.32 bits per heavy atom. The fourth-order valence-electron chi connectivity index (χ4n) is 3.16. The first-order valence-electron chi connectivity index (χ1n) is 9.30. The number of carbonyl (C=O) groups excluding carboxylic acids is 1. The van der Waals surface area contributed by atoms with Gasteiger partial charge in [0.05, 0.1) is 17.2 Å². The van der Waals surface area contributed by atoms with Gasteiger partial charge >= 0.3 is 0 Å². The van der Waals surface area contributed by atoms with E-state index >= 15 is 0 Å². The Kier molecular flexibility index (Phi) is 6.11. The highest BCUT2D eigenvalue weighted by Crippen LogP contribution is 2.40. The number of anilines is 1. The Morgan fingerprint density at radius 1 is 0.903 bits per heavy atom. The van der Waals surface area contributed by atoms with Crippen LogP contribution in [-0.2, 0) is 4.79 Å². The summed E-state index contributed by atoms with van der Waals surface area (Å²) >= 11 is 6.28. The van der Waals surface area contributed by atoms with E-state index in [1.54, 1.807) is 0 Å². The smallest absolute Gasteiger partial charge is 0.259 e. The predicted molar refractivity (Wildman–Crippen MR) is 131 cm³/mol. The molecule has 6 nitrogen and oxygen atoms in total. The van der Waals surface area contributed by atoms with Gasteiger partial charge in [0.1, 0.15) is 16.0 Å². The summed E-state index contributed by atoms with van der Waals surface area (Å²) in [6, 6.07) is 19.9. The molecule has 0 unspecified atom stereocenters. The van der Waals surface area contributed by atoms with Crippen molar-refractivity contribution in [1.82, 2.24) is 5.43 Å². The number of hydrogen-bond donors (Lipinski definition) is 4. The number of amides is 1. The van der Waals surface area contributed by atoms with Gasteiger partial charge in [-0.1, -0.05) is 30.3 Å². The summed E-state index contributed by atoms with van der Waals surface area (Å²) in [6.07, 6.45) is 1.29. The third-order valence-corrected chi connectivity index (χ3v) is 6.10. The van der Waals surface area contributed by atoms with Crippen LogP contribution in [0.15, 0.2) is 74.7 Å². The lowest BCUT2D eigenvalue weighted by Gasteiger charge is -2.08. The number of phenols is 2. The number of benzene rings is 4. The van der Waals surface area contributed by atoms with Crippen molar-refractivity contribution in [2.75, 3.05) is 11.9 Å². The van der Waals surface area contributed by atoms with Crippen LogP contribution in [0.3, 0.4) is 0 Å². The van der Waals surface area contributed by atoms with Crippen LogP contribution >= 0.6 is 31.9 Å². The molecule has 0 spiro atoms. The van der Waals surface area contributed by atoms with E-state index in [0.717, 1.165) is 21.8 Å². The highest BCUT2D eigenvalue weighted by molar-refractivity contribution is 9.11. The molecule has 0 bridgehead atoms. The van der Waals surface area contributed by atoms with Crippen molar-refractivity contribution in [3.05, 3.63) is 75.2 Å². The molecule has 0 aliphatic rings. The quantitative estimate of drug-likeness (QED) is 0.152. The molecule has 0 aliphatic heterocycles. The summed E-state index contributed by atoms with van der Waals surface area (Å²) in [5, 5.41) is 31.3.